The fourth-order valence-corrected chi connectivity index (χ4v) is 1.66. The minimum atomic E-state index is -0.391. The molecule has 0 atom stereocenters. The Hall–Kier alpha value is -1.59. The number of urea groups is 1. The predicted molar refractivity (Wildman–Crippen MR) is 75.0 cm³/mol. The maximum Gasteiger partial charge on any atom is 0.323 e. The number of carbonyl (C=O) groups excluding carboxylic acids is 2. The van der Waals surface area contributed by atoms with Crippen molar-refractivity contribution in [3.8, 4) is 0 Å². The van der Waals surface area contributed by atoms with Crippen LogP contribution in [0.15, 0.2) is 24.3 Å². The van der Waals surface area contributed by atoms with Crippen LogP contribution in [0.25, 0.3) is 0 Å². The smallest absolute Gasteiger partial charge is 0.323 e. The Morgan fingerprint density at radius 1 is 1.37 bits per heavy atom. The fourth-order valence-electron chi connectivity index (χ4n) is 1.53. The van der Waals surface area contributed by atoms with E-state index < -0.39 is 6.03 Å². The van der Waals surface area contributed by atoms with E-state index in [2.05, 4.69) is 5.32 Å². The predicted octanol–water partition coefficient (Wildman–Crippen LogP) is 1.40. The second-order valence-electron chi connectivity index (χ2n) is 4.05. The van der Waals surface area contributed by atoms with Gasteiger partial charge in [-0.2, -0.15) is 0 Å². The number of imide groups is 1. The average Bonchev–Trinajstić information content (AvgIpc) is 2.42. The molecule has 0 aromatic heterocycles. The largest absolute Gasteiger partial charge is 0.337 e. The highest BCUT2D eigenvalue weighted by Crippen LogP contribution is 2.09. The summed E-state index contributed by atoms with van der Waals surface area (Å²) in [7, 11) is 0. The Balaban J connectivity index is 2.33. The molecule has 19 heavy (non-hydrogen) atoms. The molecule has 3 amide bonds. The van der Waals surface area contributed by atoms with Crippen molar-refractivity contribution in [1.29, 1.82) is 0 Å². The first-order chi connectivity index (χ1) is 9.17. The van der Waals surface area contributed by atoms with Crippen molar-refractivity contribution in [3.63, 3.8) is 0 Å². The summed E-state index contributed by atoms with van der Waals surface area (Å²) in [5, 5.41) is 3.37. The van der Waals surface area contributed by atoms with E-state index in [-0.39, 0.29) is 0 Å². The van der Waals surface area contributed by atoms with Crippen molar-refractivity contribution >= 4 is 24.0 Å². The molecule has 0 heterocycles. The Bertz CT molecular complexity index is 409. The summed E-state index contributed by atoms with van der Waals surface area (Å²) in [5.74, 6) is 0. The van der Waals surface area contributed by atoms with Crippen LogP contribution in [-0.4, -0.2) is 37.0 Å². The van der Waals surface area contributed by atoms with Crippen LogP contribution in [0.4, 0.5) is 4.79 Å². The summed E-state index contributed by atoms with van der Waals surface area (Å²) in [6.07, 6.45) is 1.81. The van der Waals surface area contributed by atoms with Gasteiger partial charge in [-0.05, 0) is 37.1 Å². The van der Waals surface area contributed by atoms with Crippen LogP contribution in [0.2, 0.25) is 5.02 Å². The minimum absolute atomic E-state index is 0.340. The lowest BCUT2D eigenvalue weighted by atomic mass is 10.1. The van der Waals surface area contributed by atoms with E-state index in [1.54, 1.807) is 12.1 Å². The molecule has 0 saturated heterocycles. The van der Waals surface area contributed by atoms with E-state index in [1.807, 2.05) is 12.1 Å². The molecule has 0 bridgehead atoms. The number of rotatable bonds is 7. The number of carbonyl (C=O) groups is 2. The van der Waals surface area contributed by atoms with Gasteiger partial charge >= 0.3 is 6.03 Å². The highest BCUT2D eigenvalue weighted by molar-refractivity contribution is 6.30. The summed E-state index contributed by atoms with van der Waals surface area (Å²) in [6, 6.07) is 7.02. The maximum absolute atomic E-state index is 11.6. The zero-order valence-corrected chi connectivity index (χ0v) is 11.4. The quantitative estimate of drug-likeness (QED) is 0.743. The number of amides is 3. The summed E-state index contributed by atoms with van der Waals surface area (Å²) in [4.78, 5) is 23.5. The molecule has 5 nitrogen and oxygen atoms in total. The van der Waals surface area contributed by atoms with Gasteiger partial charge in [-0.3, -0.25) is 9.69 Å². The van der Waals surface area contributed by atoms with Crippen LogP contribution in [0.3, 0.4) is 0 Å². The molecular weight excluding hydrogens is 266 g/mol. The number of nitrogens with zero attached hydrogens (tertiary/aromatic N) is 1. The first-order valence-corrected chi connectivity index (χ1v) is 6.49. The number of hydrogen-bond donors (Lipinski definition) is 2. The molecule has 0 saturated carbocycles. The molecular formula is C13H18ClN3O2. The Morgan fingerprint density at radius 2 is 2.05 bits per heavy atom. The lowest BCUT2D eigenvalue weighted by Gasteiger charge is -2.15. The van der Waals surface area contributed by atoms with Gasteiger partial charge in [0.2, 0.25) is 6.41 Å². The highest BCUT2D eigenvalue weighted by atomic mass is 35.5. The van der Waals surface area contributed by atoms with Crippen LogP contribution < -0.4 is 11.1 Å². The van der Waals surface area contributed by atoms with Crippen molar-refractivity contribution in [3.05, 3.63) is 34.9 Å². The maximum atomic E-state index is 11.6. The number of benzene rings is 1. The van der Waals surface area contributed by atoms with Gasteiger partial charge in [-0.15, -0.1) is 0 Å². The standard InChI is InChI=1S/C13H18ClN3O2/c14-12-4-2-11(3-5-12)6-8-16-13(19)17(10-18)9-1-7-15/h2-5,10H,1,6-9,15H2,(H,16,19). The van der Waals surface area contributed by atoms with Gasteiger partial charge in [0.05, 0.1) is 0 Å². The summed E-state index contributed by atoms with van der Waals surface area (Å²) >= 11 is 5.78. The van der Waals surface area contributed by atoms with E-state index in [0.29, 0.717) is 43.9 Å². The second kappa shape index (κ2) is 8.50. The van der Waals surface area contributed by atoms with Gasteiger partial charge in [0.25, 0.3) is 0 Å². The van der Waals surface area contributed by atoms with Crippen LogP contribution >= 0.6 is 11.6 Å². The first kappa shape index (κ1) is 15.5. The van der Waals surface area contributed by atoms with Crippen molar-refractivity contribution < 1.29 is 9.59 Å². The monoisotopic (exact) mass is 283 g/mol. The van der Waals surface area contributed by atoms with Crippen molar-refractivity contribution in [1.82, 2.24) is 10.2 Å². The topological polar surface area (TPSA) is 75.4 Å². The van der Waals surface area contributed by atoms with Crippen molar-refractivity contribution in [2.24, 2.45) is 5.73 Å². The summed E-state index contributed by atoms with van der Waals surface area (Å²) in [5.41, 5.74) is 6.41. The van der Waals surface area contributed by atoms with Gasteiger partial charge in [-0.1, -0.05) is 23.7 Å². The molecule has 6 heteroatoms. The first-order valence-electron chi connectivity index (χ1n) is 6.11. The SMILES string of the molecule is NCCCN(C=O)C(=O)NCCc1ccc(Cl)cc1. The summed E-state index contributed by atoms with van der Waals surface area (Å²) < 4.78 is 0. The molecule has 0 aliphatic rings. The van der Waals surface area contributed by atoms with E-state index in [9.17, 15) is 9.59 Å². The number of nitrogens with two attached hydrogens (primary N) is 1. The highest BCUT2D eigenvalue weighted by Gasteiger charge is 2.10. The third-order valence-corrected chi connectivity index (χ3v) is 2.85. The fraction of sp³-hybridized carbons (Fsp3) is 0.385. The van der Waals surface area contributed by atoms with Gasteiger partial charge in [0, 0.05) is 18.1 Å². The Labute approximate surface area is 117 Å². The number of hydrogen-bond acceptors (Lipinski definition) is 3. The molecule has 104 valence electrons. The van der Waals surface area contributed by atoms with Crippen LogP contribution in [0, 0.1) is 0 Å². The third-order valence-electron chi connectivity index (χ3n) is 2.59. The van der Waals surface area contributed by atoms with Crippen molar-refractivity contribution in [2.75, 3.05) is 19.6 Å². The van der Waals surface area contributed by atoms with E-state index in [1.165, 1.54) is 0 Å². The Morgan fingerprint density at radius 3 is 2.63 bits per heavy atom. The molecule has 0 aliphatic carbocycles. The minimum Gasteiger partial charge on any atom is -0.337 e. The Kier molecular flexibility index (Phi) is 6.92. The molecule has 0 aliphatic heterocycles. The van der Waals surface area contributed by atoms with Crippen LogP contribution in [0.5, 0.6) is 0 Å². The third kappa shape index (κ3) is 5.72. The molecule has 3 N–H and O–H groups in total. The lowest BCUT2D eigenvalue weighted by Crippen LogP contribution is -2.40. The second-order valence-corrected chi connectivity index (χ2v) is 4.49. The zero-order valence-electron chi connectivity index (χ0n) is 10.6. The van der Waals surface area contributed by atoms with Crippen LogP contribution in [-0.2, 0) is 11.2 Å². The van der Waals surface area contributed by atoms with Gasteiger partial charge < -0.3 is 11.1 Å². The molecule has 1 rings (SSSR count). The number of halogens is 1. The molecule has 1 aromatic carbocycles. The lowest BCUT2D eigenvalue weighted by molar-refractivity contribution is -0.115. The van der Waals surface area contributed by atoms with Gasteiger partial charge in [0.1, 0.15) is 0 Å². The van der Waals surface area contributed by atoms with E-state index in [4.69, 9.17) is 17.3 Å². The van der Waals surface area contributed by atoms with E-state index in [0.717, 1.165) is 10.5 Å². The van der Waals surface area contributed by atoms with E-state index >= 15 is 0 Å². The normalized spacial score (nSPS) is 10.0. The average molecular weight is 284 g/mol. The molecule has 1 aromatic rings. The molecule has 0 radical (unpaired) electrons. The van der Waals surface area contributed by atoms with Crippen molar-refractivity contribution in [2.45, 2.75) is 12.8 Å². The summed E-state index contributed by atoms with van der Waals surface area (Å²) in [6.45, 7) is 1.25. The molecule has 0 spiro atoms. The van der Waals surface area contributed by atoms with Gasteiger partial charge in [0.15, 0.2) is 0 Å². The zero-order chi connectivity index (χ0) is 14.1. The molecule has 0 unspecified atom stereocenters. The number of nitrogens with one attached hydrogen (secondary N) is 1. The van der Waals surface area contributed by atoms with Gasteiger partial charge in [-0.25, -0.2) is 4.79 Å². The van der Waals surface area contributed by atoms with Crippen LogP contribution in [0.1, 0.15) is 12.0 Å². The molecule has 0 fully saturated rings.